The maximum atomic E-state index is 8.63. The lowest BCUT2D eigenvalue weighted by molar-refractivity contribution is 0.840. The van der Waals surface area contributed by atoms with Crippen LogP contribution >= 0.6 is 0 Å². The molecule has 1 aromatic carbocycles. The van der Waals surface area contributed by atoms with Gasteiger partial charge in [0, 0.05) is 0 Å². The molecule has 1 aromatic rings. The quantitative estimate of drug-likeness (QED) is 0.663. The molecule has 12 heavy (non-hydrogen) atoms. The van der Waals surface area contributed by atoms with E-state index in [1.165, 1.54) is 5.56 Å². The van der Waals surface area contributed by atoms with Crippen LogP contribution in [0.5, 0.6) is 0 Å². The number of benzene rings is 1. The fourth-order valence-electron chi connectivity index (χ4n) is 1.13. The van der Waals surface area contributed by atoms with Crippen LogP contribution in [0, 0.1) is 18.3 Å². The van der Waals surface area contributed by atoms with Crippen molar-refractivity contribution in [2.75, 3.05) is 0 Å². The van der Waals surface area contributed by atoms with Crippen molar-refractivity contribution in [3.05, 3.63) is 42.3 Å². The minimum atomic E-state index is 0.747. The van der Waals surface area contributed by atoms with Crippen LogP contribution in [0.3, 0.4) is 0 Å². The minimum absolute atomic E-state index is 0.747. The molecule has 0 aliphatic carbocycles. The molecule has 0 heterocycles. The van der Waals surface area contributed by atoms with E-state index in [0.29, 0.717) is 0 Å². The van der Waals surface area contributed by atoms with Gasteiger partial charge in [-0.3, -0.25) is 0 Å². The molecule has 0 aliphatic rings. The number of nitrogens with zero attached hydrogens (tertiary/aromatic N) is 1. The van der Waals surface area contributed by atoms with Crippen molar-refractivity contribution < 1.29 is 0 Å². The molecule has 0 saturated heterocycles. The molecule has 1 nitrogen and oxygen atoms in total. The molecule has 0 fully saturated rings. The fraction of sp³-hybridized carbons (Fsp3) is 0.273. The molecular weight excluding hydrogens is 146 g/mol. The van der Waals surface area contributed by atoms with Gasteiger partial charge in [-0.15, -0.1) is 0 Å². The number of hydrogen-bond donors (Lipinski definition) is 0. The molecule has 1 heteroatoms. The molecule has 1 radical (unpaired) electrons. The van der Waals surface area contributed by atoms with Gasteiger partial charge in [-0.05, 0) is 30.5 Å². The van der Waals surface area contributed by atoms with E-state index >= 15 is 0 Å². The van der Waals surface area contributed by atoms with Gasteiger partial charge in [-0.2, -0.15) is 5.26 Å². The van der Waals surface area contributed by atoms with Gasteiger partial charge >= 0.3 is 0 Å². The van der Waals surface area contributed by atoms with E-state index in [0.717, 1.165) is 24.8 Å². The minimum Gasteiger partial charge on any atom is -0.192 e. The second-order valence-electron chi connectivity index (χ2n) is 2.77. The van der Waals surface area contributed by atoms with Crippen molar-refractivity contribution in [3.8, 4) is 6.07 Å². The second kappa shape index (κ2) is 4.56. The lowest BCUT2D eigenvalue weighted by Gasteiger charge is -1.98. The van der Waals surface area contributed by atoms with E-state index in [9.17, 15) is 0 Å². The largest absolute Gasteiger partial charge is 0.192 e. The highest BCUT2D eigenvalue weighted by molar-refractivity contribution is 5.32. The third-order valence-electron chi connectivity index (χ3n) is 1.77. The number of aryl methyl sites for hydroxylation is 1. The summed E-state index contributed by atoms with van der Waals surface area (Å²) in [6.45, 7) is 3.78. The lowest BCUT2D eigenvalue weighted by Crippen LogP contribution is -1.85. The van der Waals surface area contributed by atoms with E-state index in [4.69, 9.17) is 5.26 Å². The molecule has 0 N–H and O–H groups in total. The molecule has 1 rings (SSSR count). The van der Waals surface area contributed by atoms with E-state index in [-0.39, 0.29) is 0 Å². The Morgan fingerprint density at radius 2 is 2.25 bits per heavy atom. The van der Waals surface area contributed by atoms with E-state index in [2.05, 4.69) is 19.1 Å². The number of hydrogen-bond acceptors (Lipinski definition) is 1. The summed E-state index contributed by atoms with van der Waals surface area (Å²) in [6, 6.07) is 9.88. The third kappa shape index (κ3) is 2.39. The molecule has 0 unspecified atom stereocenters. The zero-order chi connectivity index (χ0) is 8.81. The topological polar surface area (TPSA) is 23.8 Å². The van der Waals surface area contributed by atoms with Crippen LogP contribution in [-0.4, -0.2) is 0 Å². The summed E-state index contributed by atoms with van der Waals surface area (Å²) in [5.41, 5.74) is 1.98. The van der Waals surface area contributed by atoms with Gasteiger partial charge in [0.2, 0.25) is 0 Å². The number of unbranched alkanes of at least 4 members (excludes halogenated alkanes) is 1. The molecule has 0 aliphatic heterocycles. The molecule has 0 amide bonds. The average Bonchev–Trinajstić information content (AvgIpc) is 2.15. The molecule has 0 saturated carbocycles. The monoisotopic (exact) mass is 158 g/mol. The zero-order valence-electron chi connectivity index (χ0n) is 7.09. The molecular formula is C11H12N. The van der Waals surface area contributed by atoms with Crippen LogP contribution in [0.15, 0.2) is 24.3 Å². The molecule has 61 valence electrons. The second-order valence-corrected chi connectivity index (χ2v) is 2.77. The van der Waals surface area contributed by atoms with Crippen LogP contribution in [0.4, 0.5) is 0 Å². The van der Waals surface area contributed by atoms with Crippen LogP contribution in [0.25, 0.3) is 0 Å². The van der Waals surface area contributed by atoms with Gasteiger partial charge in [0.05, 0.1) is 11.6 Å². The van der Waals surface area contributed by atoms with Crippen molar-refractivity contribution in [1.29, 1.82) is 5.26 Å². The lowest BCUT2D eigenvalue weighted by atomic mass is 10.1. The Labute approximate surface area is 73.6 Å². The van der Waals surface area contributed by atoms with Crippen LogP contribution in [0.1, 0.15) is 24.0 Å². The summed E-state index contributed by atoms with van der Waals surface area (Å²) >= 11 is 0. The van der Waals surface area contributed by atoms with Crippen molar-refractivity contribution >= 4 is 0 Å². The summed E-state index contributed by atoms with van der Waals surface area (Å²) in [4.78, 5) is 0. The Bertz CT molecular complexity index is 283. The summed E-state index contributed by atoms with van der Waals surface area (Å²) in [5, 5.41) is 8.63. The van der Waals surface area contributed by atoms with Crippen LogP contribution < -0.4 is 0 Å². The Balaban J connectivity index is 2.68. The number of rotatable bonds is 3. The van der Waals surface area contributed by atoms with E-state index in [1.807, 2.05) is 18.2 Å². The van der Waals surface area contributed by atoms with Gasteiger partial charge in [-0.1, -0.05) is 25.5 Å². The molecule has 0 aromatic heterocycles. The van der Waals surface area contributed by atoms with Gasteiger partial charge < -0.3 is 0 Å². The zero-order valence-corrected chi connectivity index (χ0v) is 7.09. The standard InChI is InChI=1S/C11H12N/c1-2-3-5-10-6-4-7-11(8-10)9-12/h4,6-8H,1-3,5H2. The molecule has 0 atom stereocenters. The first-order chi connectivity index (χ1) is 5.86. The Hall–Kier alpha value is -1.29. The SMILES string of the molecule is [CH2]CCCc1cccc(C#N)c1. The normalized spacial score (nSPS) is 9.33. The van der Waals surface area contributed by atoms with Crippen molar-refractivity contribution in [2.24, 2.45) is 0 Å². The highest BCUT2D eigenvalue weighted by atomic mass is 14.2. The highest BCUT2D eigenvalue weighted by Crippen LogP contribution is 2.07. The fourth-order valence-corrected chi connectivity index (χ4v) is 1.13. The number of nitriles is 1. The van der Waals surface area contributed by atoms with Crippen LogP contribution in [-0.2, 0) is 6.42 Å². The Morgan fingerprint density at radius 1 is 1.42 bits per heavy atom. The average molecular weight is 158 g/mol. The van der Waals surface area contributed by atoms with Crippen molar-refractivity contribution in [2.45, 2.75) is 19.3 Å². The van der Waals surface area contributed by atoms with E-state index < -0.39 is 0 Å². The maximum absolute atomic E-state index is 8.63. The molecule has 0 spiro atoms. The highest BCUT2D eigenvalue weighted by Gasteiger charge is 1.93. The van der Waals surface area contributed by atoms with Crippen molar-refractivity contribution in [1.82, 2.24) is 0 Å². The maximum Gasteiger partial charge on any atom is 0.0991 e. The Morgan fingerprint density at radius 3 is 2.92 bits per heavy atom. The first-order valence-electron chi connectivity index (χ1n) is 4.15. The van der Waals surface area contributed by atoms with Crippen LogP contribution in [0.2, 0.25) is 0 Å². The van der Waals surface area contributed by atoms with Gasteiger partial charge in [-0.25, -0.2) is 0 Å². The summed E-state index contributed by atoms with van der Waals surface area (Å²) in [5.74, 6) is 0. The molecule has 0 bridgehead atoms. The summed E-state index contributed by atoms with van der Waals surface area (Å²) in [7, 11) is 0. The smallest absolute Gasteiger partial charge is 0.0991 e. The van der Waals surface area contributed by atoms with Crippen molar-refractivity contribution in [3.63, 3.8) is 0 Å². The predicted molar refractivity (Wildman–Crippen MR) is 49.5 cm³/mol. The summed E-state index contributed by atoms with van der Waals surface area (Å²) < 4.78 is 0. The van der Waals surface area contributed by atoms with Gasteiger partial charge in [0.25, 0.3) is 0 Å². The summed E-state index contributed by atoms with van der Waals surface area (Å²) in [6.07, 6.45) is 3.07. The van der Waals surface area contributed by atoms with E-state index in [1.54, 1.807) is 0 Å². The predicted octanol–water partition coefficient (Wildman–Crippen LogP) is 2.72. The first kappa shape index (κ1) is 8.80. The van der Waals surface area contributed by atoms with Gasteiger partial charge in [0.15, 0.2) is 0 Å². The van der Waals surface area contributed by atoms with Gasteiger partial charge in [0.1, 0.15) is 0 Å². The third-order valence-corrected chi connectivity index (χ3v) is 1.77. The Kier molecular flexibility index (Phi) is 3.35. The first-order valence-corrected chi connectivity index (χ1v) is 4.15.